The van der Waals surface area contributed by atoms with Crippen LogP contribution in [0.1, 0.15) is 23.7 Å². The summed E-state index contributed by atoms with van der Waals surface area (Å²) in [6, 6.07) is 5.58. The average Bonchev–Trinajstić information content (AvgIpc) is 2.35. The molecule has 1 aromatic carbocycles. The third-order valence-corrected chi connectivity index (χ3v) is 4.49. The standard InChI is InChI=1S/C13H16ClIN2O/c1-8-4-5-16-7-12(8)17-13(18)10-6-9(14)2-3-11(10)15/h2-3,6,8,12,16H,4-5,7H2,1H3,(H,17,18). The van der Waals surface area contributed by atoms with Crippen LogP contribution in [0.5, 0.6) is 0 Å². The largest absolute Gasteiger partial charge is 0.348 e. The van der Waals surface area contributed by atoms with E-state index >= 15 is 0 Å². The fourth-order valence-electron chi connectivity index (χ4n) is 2.10. The Balaban J connectivity index is 2.09. The zero-order chi connectivity index (χ0) is 13.1. The van der Waals surface area contributed by atoms with Gasteiger partial charge in [0.05, 0.1) is 5.56 Å². The monoisotopic (exact) mass is 378 g/mol. The van der Waals surface area contributed by atoms with Crippen molar-refractivity contribution < 1.29 is 4.79 Å². The van der Waals surface area contributed by atoms with Gasteiger partial charge in [0.1, 0.15) is 0 Å². The molecule has 1 amide bonds. The lowest BCUT2D eigenvalue weighted by Crippen LogP contribution is -2.50. The number of halogens is 2. The Labute approximate surface area is 126 Å². The van der Waals surface area contributed by atoms with Gasteiger partial charge in [-0.2, -0.15) is 0 Å². The zero-order valence-electron chi connectivity index (χ0n) is 10.2. The van der Waals surface area contributed by atoms with E-state index in [1.54, 1.807) is 12.1 Å². The number of nitrogens with one attached hydrogen (secondary N) is 2. The van der Waals surface area contributed by atoms with Gasteiger partial charge in [0.25, 0.3) is 5.91 Å². The van der Waals surface area contributed by atoms with Crippen LogP contribution in [-0.2, 0) is 0 Å². The van der Waals surface area contributed by atoms with Crippen LogP contribution in [0.3, 0.4) is 0 Å². The lowest BCUT2D eigenvalue weighted by molar-refractivity contribution is 0.0914. The van der Waals surface area contributed by atoms with Gasteiger partial charge in [-0.05, 0) is 59.7 Å². The molecule has 98 valence electrons. The van der Waals surface area contributed by atoms with Crippen molar-refractivity contribution in [3.8, 4) is 0 Å². The van der Waals surface area contributed by atoms with Gasteiger partial charge in [-0.3, -0.25) is 4.79 Å². The molecule has 3 nitrogen and oxygen atoms in total. The Kier molecular flexibility index (Phi) is 4.86. The summed E-state index contributed by atoms with van der Waals surface area (Å²) in [4.78, 5) is 12.2. The molecule has 0 aromatic heterocycles. The van der Waals surface area contributed by atoms with E-state index in [0.29, 0.717) is 16.5 Å². The first-order valence-electron chi connectivity index (χ1n) is 6.04. The van der Waals surface area contributed by atoms with E-state index in [2.05, 4.69) is 40.1 Å². The number of carbonyl (C=O) groups is 1. The van der Waals surface area contributed by atoms with Crippen LogP contribution < -0.4 is 10.6 Å². The van der Waals surface area contributed by atoms with Gasteiger partial charge < -0.3 is 10.6 Å². The summed E-state index contributed by atoms with van der Waals surface area (Å²) in [5.41, 5.74) is 0.654. The molecule has 0 bridgehead atoms. The molecular formula is C13H16ClIN2O. The fraction of sp³-hybridized carbons (Fsp3) is 0.462. The number of hydrogen-bond donors (Lipinski definition) is 2. The van der Waals surface area contributed by atoms with E-state index in [1.807, 2.05) is 6.07 Å². The van der Waals surface area contributed by atoms with Crippen molar-refractivity contribution in [3.05, 3.63) is 32.4 Å². The summed E-state index contributed by atoms with van der Waals surface area (Å²) in [6.45, 7) is 4.04. The highest BCUT2D eigenvalue weighted by Gasteiger charge is 2.23. The van der Waals surface area contributed by atoms with Crippen molar-refractivity contribution in [2.75, 3.05) is 13.1 Å². The van der Waals surface area contributed by atoms with Crippen LogP contribution in [0.2, 0.25) is 5.02 Å². The van der Waals surface area contributed by atoms with Crippen LogP contribution in [0.15, 0.2) is 18.2 Å². The molecule has 18 heavy (non-hydrogen) atoms. The van der Waals surface area contributed by atoms with Crippen molar-refractivity contribution in [2.24, 2.45) is 5.92 Å². The Morgan fingerprint density at radius 3 is 3.06 bits per heavy atom. The summed E-state index contributed by atoms with van der Waals surface area (Å²) < 4.78 is 0.922. The number of rotatable bonds is 2. The fourth-order valence-corrected chi connectivity index (χ4v) is 2.85. The molecule has 1 aliphatic rings. The second kappa shape index (κ2) is 6.21. The molecule has 1 saturated heterocycles. The predicted octanol–water partition coefficient (Wildman–Crippen LogP) is 2.67. The molecule has 0 spiro atoms. The average molecular weight is 379 g/mol. The molecular weight excluding hydrogens is 363 g/mol. The minimum absolute atomic E-state index is 0.0394. The van der Waals surface area contributed by atoms with Crippen molar-refractivity contribution in [3.63, 3.8) is 0 Å². The second-order valence-electron chi connectivity index (χ2n) is 4.67. The summed E-state index contributed by atoms with van der Waals surface area (Å²) in [5, 5.41) is 6.99. The minimum atomic E-state index is -0.0394. The first-order valence-corrected chi connectivity index (χ1v) is 7.50. The lowest BCUT2D eigenvalue weighted by Gasteiger charge is -2.30. The van der Waals surface area contributed by atoms with Gasteiger partial charge in [0, 0.05) is 21.2 Å². The molecule has 2 atom stereocenters. The molecule has 2 unspecified atom stereocenters. The molecule has 1 fully saturated rings. The molecule has 5 heteroatoms. The van der Waals surface area contributed by atoms with Crippen LogP contribution in [0.25, 0.3) is 0 Å². The molecule has 0 radical (unpaired) electrons. The Morgan fingerprint density at radius 2 is 2.33 bits per heavy atom. The molecule has 1 heterocycles. The van der Waals surface area contributed by atoms with Gasteiger partial charge in [-0.1, -0.05) is 18.5 Å². The molecule has 0 aliphatic carbocycles. The number of carbonyl (C=O) groups excluding carboxylic acids is 1. The molecule has 2 N–H and O–H groups in total. The minimum Gasteiger partial charge on any atom is -0.348 e. The number of hydrogen-bond acceptors (Lipinski definition) is 2. The second-order valence-corrected chi connectivity index (χ2v) is 6.27. The van der Waals surface area contributed by atoms with E-state index in [-0.39, 0.29) is 11.9 Å². The van der Waals surface area contributed by atoms with Crippen LogP contribution in [0.4, 0.5) is 0 Å². The van der Waals surface area contributed by atoms with Crippen molar-refractivity contribution in [1.82, 2.24) is 10.6 Å². The van der Waals surface area contributed by atoms with Crippen molar-refractivity contribution in [2.45, 2.75) is 19.4 Å². The Bertz CT molecular complexity index is 453. The van der Waals surface area contributed by atoms with Crippen LogP contribution in [-0.4, -0.2) is 25.0 Å². The highest BCUT2D eigenvalue weighted by atomic mass is 127. The van der Waals surface area contributed by atoms with Gasteiger partial charge in [0.15, 0.2) is 0 Å². The smallest absolute Gasteiger partial charge is 0.252 e. The Morgan fingerprint density at radius 1 is 1.56 bits per heavy atom. The summed E-state index contributed by atoms with van der Waals surface area (Å²) in [5.74, 6) is 0.467. The first kappa shape index (κ1) is 14.1. The molecule has 2 rings (SSSR count). The van der Waals surface area contributed by atoms with E-state index in [4.69, 9.17) is 11.6 Å². The van der Waals surface area contributed by atoms with Gasteiger partial charge >= 0.3 is 0 Å². The summed E-state index contributed by atoms with van der Waals surface area (Å²) >= 11 is 8.09. The highest BCUT2D eigenvalue weighted by molar-refractivity contribution is 14.1. The van der Waals surface area contributed by atoms with Gasteiger partial charge in [-0.25, -0.2) is 0 Å². The number of benzene rings is 1. The number of piperidine rings is 1. The van der Waals surface area contributed by atoms with E-state index < -0.39 is 0 Å². The first-order chi connectivity index (χ1) is 8.58. The van der Waals surface area contributed by atoms with Crippen molar-refractivity contribution >= 4 is 40.1 Å². The van der Waals surface area contributed by atoms with Gasteiger partial charge in [0.2, 0.25) is 0 Å². The van der Waals surface area contributed by atoms with Crippen LogP contribution >= 0.6 is 34.2 Å². The van der Waals surface area contributed by atoms with Gasteiger partial charge in [-0.15, -0.1) is 0 Å². The van der Waals surface area contributed by atoms with E-state index in [1.165, 1.54) is 0 Å². The summed E-state index contributed by atoms with van der Waals surface area (Å²) in [7, 11) is 0. The maximum Gasteiger partial charge on any atom is 0.252 e. The lowest BCUT2D eigenvalue weighted by atomic mass is 9.94. The normalized spacial score (nSPS) is 23.7. The van der Waals surface area contributed by atoms with Crippen LogP contribution in [0, 0.1) is 9.49 Å². The molecule has 1 aliphatic heterocycles. The summed E-state index contributed by atoms with van der Waals surface area (Å²) in [6.07, 6.45) is 1.09. The highest BCUT2D eigenvalue weighted by Crippen LogP contribution is 2.19. The maximum atomic E-state index is 12.2. The van der Waals surface area contributed by atoms with Crippen molar-refractivity contribution in [1.29, 1.82) is 0 Å². The maximum absolute atomic E-state index is 12.2. The molecule has 0 saturated carbocycles. The number of amides is 1. The zero-order valence-corrected chi connectivity index (χ0v) is 13.1. The van der Waals surface area contributed by atoms with E-state index in [9.17, 15) is 4.79 Å². The quantitative estimate of drug-likeness (QED) is 0.777. The predicted molar refractivity (Wildman–Crippen MR) is 82.1 cm³/mol. The Hall–Kier alpha value is -0.330. The SMILES string of the molecule is CC1CCNCC1NC(=O)c1cc(Cl)ccc1I. The topological polar surface area (TPSA) is 41.1 Å². The molecule has 1 aromatic rings. The van der Waals surface area contributed by atoms with E-state index in [0.717, 1.165) is 23.1 Å². The third kappa shape index (κ3) is 3.36. The third-order valence-electron chi connectivity index (χ3n) is 3.32.